The number of amides is 2. The molecule has 2 heterocycles. The highest BCUT2D eigenvalue weighted by Gasteiger charge is 2.40. The Morgan fingerprint density at radius 1 is 1.39 bits per heavy atom. The number of hydrogen-bond acceptors (Lipinski definition) is 6. The van der Waals surface area contributed by atoms with Gasteiger partial charge in [0, 0.05) is 19.7 Å². The molecule has 1 aliphatic heterocycles. The molecule has 1 aromatic heterocycles. The SMILES string of the molecule is COc1ccc(C(=O)N2[C@@H](CO)CN(C)C(=O)[C@@H]2C)c(OC)n1. The van der Waals surface area contributed by atoms with E-state index in [-0.39, 0.29) is 30.5 Å². The van der Waals surface area contributed by atoms with Crippen LogP contribution >= 0.6 is 0 Å². The van der Waals surface area contributed by atoms with Crippen LogP contribution in [0.4, 0.5) is 0 Å². The number of aliphatic hydroxyl groups excluding tert-OH is 1. The minimum absolute atomic E-state index is 0.115. The second-order valence-electron chi connectivity index (χ2n) is 5.35. The first-order chi connectivity index (χ1) is 10.9. The third-order valence-electron chi connectivity index (χ3n) is 3.94. The van der Waals surface area contributed by atoms with Crippen LogP contribution in [-0.4, -0.2) is 78.2 Å². The van der Waals surface area contributed by atoms with Crippen LogP contribution in [0.25, 0.3) is 0 Å². The van der Waals surface area contributed by atoms with Crippen molar-refractivity contribution in [2.45, 2.75) is 19.0 Å². The molecule has 1 aromatic rings. The summed E-state index contributed by atoms with van der Waals surface area (Å²) in [6, 6.07) is 1.93. The minimum Gasteiger partial charge on any atom is -0.481 e. The summed E-state index contributed by atoms with van der Waals surface area (Å²) in [7, 11) is 4.52. The number of ether oxygens (including phenoxy) is 2. The summed E-state index contributed by atoms with van der Waals surface area (Å²) in [5.74, 6) is -0.155. The van der Waals surface area contributed by atoms with E-state index in [0.717, 1.165) is 0 Å². The van der Waals surface area contributed by atoms with Crippen molar-refractivity contribution in [3.8, 4) is 11.8 Å². The van der Waals surface area contributed by atoms with E-state index in [2.05, 4.69) is 4.98 Å². The number of pyridine rings is 1. The molecule has 23 heavy (non-hydrogen) atoms. The van der Waals surface area contributed by atoms with Crippen molar-refractivity contribution >= 4 is 11.8 Å². The Bertz CT molecular complexity index is 607. The monoisotopic (exact) mass is 323 g/mol. The number of carbonyl (C=O) groups excluding carboxylic acids is 2. The summed E-state index contributed by atoms with van der Waals surface area (Å²) < 4.78 is 10.2. The van der Waals surface area contributed by atoms with Gasteiger partial charge >= 0.3 is 0 Å². The molecule has 8 nitrogen and oxygen atoms in total. The second-order valence-corrected chi connectivity index (χ2v) is 5.35. The maximum absolute atomic E-state index is 12.9. The van der Waals surface area contributed by atoms with Gasteiger partial charge in [-0.25, -0.2) is 0 Å². The molecule has 8 heteroatoms. The predicted octanol–water partition coefficient (Wildman–Crippen LogP) is -0.238. The largest absolute Gasteiger partial charge is 0.481 e. The summed E-state index contributed by atoms with van der Waals surface area (Å²) in [5, 5.41) is 9.59. The number of piperazine rings is 1. The fourth-order valence-electron chi connectivity index (χ4n) is 2.73. The lowest BCUT2D eigenvalue weighted by Gasteiger charge is -2.43. The Morgan fingerprint density at radius 2 is 2.09 bits per heavy atom. The van der Waals surface area contributed by atoms with Crippen molar-refractivity contribution in [2.24, 2.45) is 0 Å². The summed E-state index contributed by atoms with van der Waals surface area (Å²) in [6.45, 7) is 1.68. The first kappa shape index (κ1) is 17.0. The zero-order valence-corrected chi connectivity index (χ0v) is 13.6. The average Bonchev–Trinajstić information content (AvgIpc) is 2.58. The van der Waals surface area contributed by atoms with Crippen molar-refractivity contribution < 1.29 is 24.2 Å². The van der Waals surface area contributed by atoms with Crippen LogP contribution in [0.3, 0.4) is 0 Å². The van der Waals surface area contributed by atoms with Gasteiger partial charge in [-0.2, -0.15) is 4.98 Å². The molecule has 126 valence electrons. The zero-order valence-electron chi connectivity index (χ0n) is 13.6. The molecule has 1 saturated heterocycles. The Balaban J connectivity index is 2.39. The molecule has 0 aliphatic carbocycles. The molecule has 2 rings (SSSR count). The van der Waals surface area contributed by atoms with Gasteiger partial charge in [0.05, 0.1) is 26.9 Å². The topological polar surface area (TPSA) is 92.2 Å². The number of rotatable bonds is 4. The fraction of sp³-hybridized carbons (Fsp3) is 0.533. The number of aromatic nitrogens is 1. The van der Waals surface area contributed by atoms with Crippen molar-refractivity contribution in [1.29, 1.82) is 0 Å². The number of nitrogens with zero attached hydrogens (tertiary/aromatic N) is 3. The quantitative estimate of drug-likeness (QED) is 0.822. The molecule has 0 aromatic carbocycles. The van der Waals surface area contributed by atoms with Gasteiger partial charge in [-0.15, -0.1) is 0 Å². The molecule has 1 N–H and O–H groups in total. The van der Waals surface area contributed by atoms with Crippen LogP contribution in [0.15, 0.2) is 12.1 Å². The molecular weight excluding hydrogens is 302 g/mol. The molecule has 0 bridgehead atoms. The van der Waals surface area contributed by atoms with E-state index in [4.69, 9.17) is 9.47 Å². The third-order valence-corrected chi connectivity index (χ3v) is 3.94. The van der Waals surface area contributed by atoms with Crippen molar-refractivity contribution in [3.63, 3.8) is 0 Å². The predicted molar refractivity (Wildman–Crippen MR) is 81.5 cm³/mol. The van der Waals surface area contributed by atoms with Crippen LogP contribution in [0, 0.1) is 0 Å². The van der Waals surface area contributed by atoms with Crippen LogP contribution < -0.4 is 9.47 Å². The van der Waals surface area contributed by atoms with Gasteiger partial charge < -0.3 is 24.4 Å². The van der Waals surface area contributed by atoms with Crippen molar-refractivity contribution in [3.05, 3.63) is 17.7 Å². The first-order valence-electron chi connectivity index (χ1n) is 7.22. The molecule has 2 amide bonds. The Kier molecular flexibility index (Phi) is 5.05. The normalized spacial score (nSPS) is 21.3. The molecule has 2 atom stereocenters. The standard InChI is InChI=1S/C15H21N3O5/c1-9-14(20)17(2)7-10(8-19)18(9)15(21)11-5-6-12(22-3)16-13(11)23-4/h5-6,9-10,19H,7-8H2,1-4H3/t9-,10+/m0/s1. The van der Waals surface area contributed by atoms with Crippen LogP contribution in [0.1, 0.15) is 17.3 Å². The highest BCUT2D eigenvalue weighted by Crippen LogP contribution is 2.25. The summed E-state index contributed by atoms with van der Waals surface area (Å²) in [4.78, 5) is 32.0. The molecule has 1 aliphatic rings. The molecule has 0 spiro atoms. The van der Waals surface area contributed by atoms with Crippen LogP contribution in [0.5, 0.6) is 11.8 Å². The number of likely N-dealkylation sites (N-methyl/N-ethyl adjacent to an activating group) is 1. The molecule has 1 fully saturated rings. The molecule has 0 radical (unpaired) electrons. The van der Waals surface area contributed by atoms with Crippen molar-refractivity contribution in [2.75, 3.05) is 34.4 Å². The van der Waals surface area contributed by atoms with Gasteiger partial charge in [0.15, 0.2) is 0 Å². The maximum atomic E-state index is 12.9. The van der Waals surface area contributed by atoms with Gasteiger partial charge in [0.25, 0.3) is 5.91 Å². The highest BCUT2D eigenvalue weighted by atomic mass is 16.5. The van der Waals surface area contributed by atoms with Gasteiger partial charge in [-0.05, 0) is 13.0 Å². The van der Waals surface area contributed by atoms with Gasteiger partial charge in [0.2, 0.25) is 17.7 Å². The number of carbonyl (C=O) groups is 2. The molecule has 0 unspecified atom stereocenters. The van der Waals surface area contributed by atoms with Gasteiger partial charge in [0.1, 0.15) is 11.6 Å². The van der Waals surface area contributed by atoms with E-state index in [0.29, 0.717) is 5.88 Å². The third kappa shape index (κ3) is 3.07. The zero-order chi connectivity index (χ0) is 17.1. The summed E-state index contributed by atoms with van der Waals surface area (Å²) >= 11 is 0. The number of aliphatic hydroxyl groups is 1. The number of hydrogen-bond donors (Lipinski definition) is 1. The minimum atomic E-state index is -0.676. The van der Waals surface area contributed by atoms with Gasteiger partial charge in [-0.1, -0.05) is 0 Å². The Morgan fingerprint density at radius 3 is 2.65 bits per heavy atom. The summed E-state index contributed by atoms with van der Waals surface area (Å²) in [5.41, 5.74) is 0.218. The van der Waals surface area contributed by atoms with E-state index in [1.807, 2.05) is 0 Å². The molecular formula is C15H21N3O5. The molecule has 0 saturated carbocycles. The van der Waals surface area contributed by atoms with E-state index in [9.17, 15) is 14.7 Å². The van der Waals surface area contributed by atoms with Crippen molar-refractivity contribution in [1.82, 2.24) is 14.8 Å². The lowest BCUT2D eigenvalue weighted by Crippen LogP contribution is -2.62. The maximum Gasteiger partial charge on any atom is 0.260 e. The van der Waals surface area contributed by atoms with E-state index >= 15 is 0 Å². The smallest absolute Gasteiger partial charge is 0.260 e. The Labute approximate surface area is 134 Å². The second kappa shape index (κ2) is 6.82. The van der Waals surface area contributed by atoms with Gasteiger partial charge in [-0.3, -0.25) is 9.59 Å². The number of methoxy groups -OCH3 is 2. The van der Waals surface area contributed by atoms with E-state index in [1.54, 1.807) is 20.0 Å². The van der Waals surface area contributed by atoms with Crippen LogP contribution in [-0.2, 0) is 4.79 Å². The van der Waals surface area contributed by atoms with E-state index in [1.165, 1.54) is 30.1 Å². The summed E-state index contributed by atoms with van der Waals surface area (Å²) in [6.07, 6.45) is 0. The van der Waals surface area contributed by atoms with E-state index < -0.39 is 18.0 Å². The lowest BCUT2D eigenvalue weighted by molar-refractivity contribution is -0.141. The fourth-order valence-corrected chi connectivity index (χ4v) is 2.73. The first-order valence-corrected chi connectivity index (χ1v) is 7.22. The Hall–Kier alpha value is -2.35. The average molecular weight is 323 g/mol. The van der Waals surface area contributed by atoms with Crippen LogP contribution in [0.2, 0.25) is 0 Å². The lowest BCUT2D eigenvalue weighted by atomic mass is 10.0. The highest BCUT2D eigenvalue weighted by molar-refractivity contribution is 6.00.